The lowest BCUT2D eigenvalue weighted by Gasteiger charge is -2.08. The lowest BCUT2D eigenvalue weighted by Crippen LogP contribution is -2.14. The van der Waals surface area contributed by atoms with Gasteiger partial charge in [-0.15, -0.1) is 0 Å². The Labute approximate surface area is 122 Å². The van der Waals surface area contributed by atoms with Gasteiger partial charge in [-0.1, -0.05) is 12.1 Å². The van der Waals surface area contributed by atoms with Crippen molar-refractivity contribution in [2.75, 3.05) is 19.0 Å². The highest BCUT2D eigenvalue weighted by molar-refractivity contribution is 7.91. The smallest absolute Gasteiger partial charge is 0.380 e. The maximum atomic E-state index is 12.0. The molecule has 0 radical (unpaired) electrons. The Hall–Kier alpha value is -1.12. The van der Waals surface area contributed by atoms with Gasteiger partial charge in [0.15, 0.2) is 9.84 Å². The molecule has 0 atom stereocenters. The zero-order chi connectivity index (χ0) is 15.9. The molecule has 120 valence electrons. The maximum absolute atomic E-state index is 12.0. The third kappa shape index (κ3) is 6.92. The van der Waals surface area contributed by atoms with Crippen molar-refractivity contribution in [1.82, 2.24) is 0 Å². The summed E-state index contributed by atoms with van der Waals surface area (Å²) in [7, 11) is -3.51. The molecule has 0 amide bonds. The monoisotopic (exact) mass is 325 g/mol. The highest BCUT2D eigenvalue weighted by Gasteiger charge is 2.26. The van der Waals surface area contributed by atoms with Crippen molar-refractivity contribution in [3.63, 3.8) is 0 Å². The minimum Gasteiger partial charge on any atom is -0.380 e. The minimum atomic E-state index is -4.21. The summed E-state index contributed by atoms with van der Waals surface area (Å²) in [5.74, 6) is -0.271. The van der Waals surface area contributed by atoms with Crippen LogP contribution in [-0.4, -0.2) is 33.6 Å². The number of alkyl halides is 3. The second-order valence-corrected chi connectivity index (χ2v) is 6.61. The number of rotatable bonds is 8. The number of halogens is 3. The highest BCUT2D eigenvalue weighted by Crippen LogP contribution is 2.21. The van der Waals surface area contributed by atoms with Crippen molar-refractivity contribution in [1.29, 1.82) is 0 Å². The van der Waals surface area contributed by atoms with Crippen LogP contribution in [0, 0.1) is 0 Å². The fraction of sp³-hybridized carbons (Fsp3) is 0.538. The highest BCUT2D eigenvalue weighted by atomic mass is 32.2. The number of hydrogen-bond donors (Lipinski definition) is 1. The van der Waals surface area contributed by atoms with Crippen molar-refractivity contribution in [3.05, 3.63) is 29.8 Å². The molecule has 4 nitrogen and oxygen atoms in total. The number of sulfone groups is 1. The predicted molar refractivity (Wildman–Crippen MR) is 72.5 cm³/mol. The fourth-order valence-electron chi connectivity index (χ4n) is 1.63. The fourth-order valence-corrected chi connectivity index (χ4v) is 2.82. The topological polar surface area (TPSA) is 69.4 Å². The van der Waals surface area contributed by atoms with Crippen LogP contribution in [0.4, 0.5) is 13.2 Å². The number of hydrogen-bond acceptors (Lipinski definition) is 4. The quantitative estimate of drug-likeness (QED) is 0.745. The first-order valence-electron chi connectivity index (χ1n) is 6.41. The minimum absolute atomic E-state index is 0.113. The van der Waals surface area contributed by atoms with Crippen molar-refractivity contribution >= 4 is 9.84 Å². The molecular formula is C13H18F3NO3S. The van der Waals surface area contributed by atoms with Gasteiger partial charge in [0.25, 0.3) is 0 Å². The van der Waals surface area contributed by atoms with Gasteiger partial charge in [-0.2, -0.15) is 13.2 Å². The Bertz CT molecular complexity index is 544. The largest absolute Gasteiger partial charge is 0.389 e. The SMILES string of the molecule is NCc1cccc(S(=O)(=O)CCOCCCC(F)(F)F)c1. The van der Waals surface area contributed by atoms with E-state index in [1.165, 1.54) is 12.1 Å². The maximum Gasteiger partial charge on any atom is 0.389 e. The molecule has 0 saturated heterocycles. The van der Waals surface area contributed by atoms with E-state index < -0.39 is 22.4 Å². The molecule has 0 fully saturated rings. The van der Waals surface area contributed by atoms with Gasteiger partial charge in [-0.3, -0.25) is 0 Å². The molecule has 0 bridgehead atoms. The van der Waals surface area contributed by atoms with Crippen LogP contribution >= 0.6 is 0 Å². The third-order valence-electron chi connectivity index (χ3n) is 2.74. The van der Waals surface area contributed by atoms with Crippen LogP contribution in [0.15, 0.2) is 29.2 Å². The van der Waals surface area contributed by atoms with E-state index in [2.05, 4.69) is 0 Å². The van der Waals surface area contributed by atoms with E-state index in [-0.39, 0.29) is 36.8 Å². The number of benzene rings is 1. The summed E-state index contributed by atoms with van der Waals surface area (Å²) in [6.07, 6.45) is -5.32. The first-order valence-corrected chi connectivity index (χ1v) is 8.06. The Balaban J connectivity index is 2.40. The average molecular weight is 325 g/mol. The Kier molecular flexibility index (Phi) is 6.63. The molecule has 0 aliphatic carbocycles. The standard InChI is InChI=1S/C13H18F3NO3S/c14-13(15,16)5-2-6-20-7-8-21(18,19)12-4-1-3-11(9-12)10-17/h1,3-4,9H,2,5-8,10,17H2. The normalized spacial score (nSPS) is 12.6. The van der Waals surface area contributed by atoms with Crippen LogP contribution < -0.4 is 5.73 Å². The van der Waals surface area contributed by atoms with E-state index in [1.807, 2.05) is 0 Å². The summed E-state index contributed by atoms with van der Waals surface area (Å²) >= 11 is 0. The molecule has 8 heteroatoms. The molecule has 2 N–H and O–H groups in total. The lowest BCUT2D eigenvalue weighted by atomic mass is 10.2. The molecule has 1 rings (SSSR count). The van der Waals surface area contributed by atoms with Gasteiger partial charge in [-0.25, -0.2) is 8.42 Å². The van der Waals surface area contributed by atoms with Crippen LogP contribution in [0.3, 0.4) is 0 Å². The molecule has 1 aromatic rings. The molecule has 0 heterocycles. The van der Waals surface area contributed by atoms with Gasteiger partial charge in [0, 0.05) is 19.6 Å². The summed E-state index contributed by atoms with van der Waals surface area (Å²) in [5.41, 5.74) is 6.14. The molecule has 0 aromatic heterocycles. The first-order chi connectivity index (χ1) is 9.74. The molecule has 0 unspecified atom stereocenters. The Morgan fingerprint density at radius 3 is 2.52 bits per heavy atom. The third-order valence-corrected chi connectivity index (χ3v) is 4.41. The molecule has 0 aliphatic rings. The van der Waals surface area contributed by atoms with Crippen LogP contribution in [0.5, 0.6) is 0 Å². The van der Waals surface area contributed by atoms with Gasteiger partial charge < -0.3 is 10.5 Å². The van der Waals surface area contributed by atoms with E-state index in [4.69, 9.17) is 10.5 Å². The van der Waals surface area contributed by atoms with Crippen molar-refractivity contribution in [2.45, 2.75) is 30.5 Å². The van der Waals surface area contributed by atoms with Crippen molar-refractivity contribution in [2.24, 2.45) is 5.73 Å². The first kappa shape index (κ1) is 17.9. The van der Waals surface area contributed by atoms with E-state index in [0.717, 1.165) is 0 Å². The molecule has 21 heavy (non-hydrogen) atoms. The molecule has 0 aliphatic heterocycles. The van der Waals surface area contributed by atoms with Gasteiger partial charge >= 0.3 is 6.18 Å². The van der Waals surface area contributed by atoms with E-state index >= 15 is 0 Å². The summed E-state index contributed by atoms with van der Waals surface area (Å²) in [5, 5.41) is 0. The van der Waals surface area contributed by atoms with Gasteiger partial charge in [0.2, 0.25) is 0 Å². The van der Waals surface area contributed by atoms with E-state index in [0.29, 0.717) is 5.56 Å². The van der Waals surface area contributed by atoms with E-state index in [1.54, 1.807) is 12.1 Å². The molecular weight excluding hydrogens is 307 g/mol. The van der Waals surface area contributed by atoms with Crippen LogP contribution in [0.25, 0.3) is 0 Å². The molecule has 0 spiro atoms. The Morgan fingerprint density at radius 1 is 1.19 bits per heavy atom. The van der Waals surface area contributed by atoms with Gasteiger partial charge in [-0.05, 0) is 24.1 Å². The molecule has 0 saturated carbocycles. The summed E-state index contributed by atoms with van der Waals surface area (Å²) in [4.78, 5) is 0.143. The van der Waals surface area contributed by atoms with Gasteiger partial charge in [0.1, 0.15) is 0 Å². The second-order valence-electron chi connectivity index (χ2n) is 4.50. The van der Waals surface area contributed by atoms with Crippen LogP contribution in [0.1, 0.15) is 18.4 Å². The Morgan fingerprint density at radius 2 is 1.90 bits per heavy atom. The average Bonchev–Trinajstić information content (AvgIpc) is 2.41. The summed E-state index contributed by atoms with van der Waals surface area (Å²) in [6.45, 7) is -0.0117. The zero-order valence-corrected chi connectivity index (χ0v) is 12.2. The van der Waals surface area contributed by atoms with Gasteiger partial charge in [0.05, 0.1) is 17.3 Å². The zero-order valence-electron chi connectivity index (χ0n) is 11.4. The second kappa shape index (κ2) is 7.77. The predicted octanol–water partition coefficient (Wildman–Crippen LogP) is 2.28. The van der Waals surface area contributed by atoms with Crippen LogP contribution in [-0.2, 0) is 21.1 Å². The summed E-state index contributed by atoms with van der Waals surface area (Å²) < 4.78 is 64.6. The lowest BCUT2D eigenvalue weighted by molar-refractivity contribution is -0.137. The molecule has 1 aromatic carbocycles. The number of nitrogens with two attached hydrogens (primary N) is 1. The van der Waals surface area contributed by atoms with E-state index in [9.17, 15) is 21.6 Å². The van der Waals surface area contributed by atoms with Crippen molar-refractivity contribution < 1.29 is 26.3 Å². The van der Waals surface area contributed by atoms with Crippen LogP contribution in [0.2, 0.25) is 0 Å². The summed E-state index contributed by atoms with van der Waals surface area (Å²) in [6, 6.07) is 6.25. The number of ether oxygens (including phenoxy) is 1. The van der Waals surface area contributed by atoms with Crippen molar-refractivity contribution in [3.8, 4) is 0 Å².